The van der Waals surface area contributed by atoms with Crippen LogP contribution in [-0.4, -0.2) is 17.6 Å². The molecule has 2 N–H and O–H groups in total. The second-order valence-electron chi connectivity index (χ2n) is 5.39. The Morgan fingerprint density at radius 2 is 2.00 bits per heavy atom. The van der Waals surface area contributed by atoms with E-state index in [4.69, 9.17) is 5.11 Å². The molecular weight excluding hydrogens is 214 g/mol. The van der Waals surface area contributed by atoms with Gasteiger partial charge in [-0.3, -0.25) is 4.79 Å². The monoisotopic (exact) mass is 235 g/mol. The van der Waals surface area contributed by atoms with E-state index in [-0.39, 0.29) is 12.0 Å². The van der Waals surface area contributed by atoms with Gasteiger partial charge in [0, 0.05) is 6.54 Å². The molecule has 0 aromatic heterocycles. The van der Waals surface area contributed by atoms with Crippen LogP contribution in [0.2, 0.25) is 0 Å². The van der Waals surface area contributed by atoms with Crippen LogP contribution in [-0.2, 0) is 16.8 Å². The van der Waals surface area contributed by atoms with E-state index in [1.54, 1.807) is 0 Å². The first-order valence-electron chi connectivity index (χ1n) is 5.83. The smallest absolute Gasteiger partial charge is 0.317 e. The number of benzene rings is 1. The van der Waals surface area contributed by atoms with Crippen LogP contribution in [0.15, 0.2) is 18.2 Å². The van der Waals surface area contributed by atoms with E-state index in [1.165, 1.54) is 11.1 Å². The molecule has 0 heterocycles. The summed E-state index contributed by atoms with van der Waals surface area (Å²) in [5.74, 6) is -0.825. The maximum atomic E-state index is 10.4. The van der Waals surface area contributed by atoms with E-state index in [0.29, 0.717) is 6.54 Å². The van der Waals surface area contributed by atoms with Gasteiger partial charge in [0.2, 0.25) is 0 Å². The highest BCUT2D eigenvalue weighted by Crippen LogP contribution is 2.24. The molecule has 0 saturated heterocycles. The Morgan fingerprint density at radius 3 is 2.47 bits per heavy atom. The minimum Gasteiger partial charge on any atom is -0.480 e. The minimum absolute atomic E-state index is 0.000459. The zero-order valence-electron chi connectivity index (χ0n) is 11.0. The summed E-state index contributed by atoms with van der Waals surface area (Å²) in [4.78, 5) is 10.4. The Labute approximate surface area is 103 Å². The Morgan fingerprint density at radius 1 is 1.35 bits per heavy atom. The van der Waals surface area contributed by atoms with Crippen molar-refractivity contribution >= 4 is 5.97 Å². The molecular formula is C14H21NO2. The van der Waals surface area contributed by atoms with Gasteiger partial charge in [0.05, 0.1) is 6.54 Å². The predicted molar refractivity (Wildman–Crippen MR) is 69.2 cm³/mol. The van der Waals surface area contributed by atoms with Crippen LogP contribution in [0.5, 0.6) is 0 Å². The minimum atomic E-state index is -0.825. The molecule has 0 aliphatic carbocycles. The molecule has 1 aromatic carbocycles. The van der Waals surface area contributed by atoms with Crippen molar-refractivity contribution in [2.24, 2.45) is 0 Å². The average molecular weight is 235 g/mol. The van der Waals surface area contributed by atoms with Crippen molar-refractivity contribution in [2.75, 3.05) is 6.54 Å². The molecule has 94 valence electrons. The molecule has 0 atom stereocenters. The van der Waals surface area contributed by atoms with E-state index in [1.807, 2.05) is 0 Å². The molecule has 0 saturated carbocycles. The van der Waals surface area contributed by atoms with E-state index in [2.05, 4.69) is 51.2 Å². The number of carboxylic acids is 1. The fraction of sp³-hybridized carbons (Fsp3) is 0.500. The maximum absolute atomic E-state index is 10.4. The van der Waals surface area contributed by atoms with Gasteiger partial charge in [-0.05, 0) is 29.0 Å². The van der Waals surface area contributed by atoms with Crippen molar-refractivity contribution in [3.8, 4) is 0 Å². The van der Waals surface area contributed by atoms with Gasteiger partial charge in [-0.25, -0.2) is 0 Å². The highest BCUT2D eigenvalue weighted by Gasteiger charge is 2.14. The fourth-order valence-corrected chi connectivity index (χ4v) is 1.66. The van der Waals surface area contributed by atoms with Gasteiger partial charge in [0.1, 0.15) is 0 Å². The van der Waals surface area contributed by atoms with Crippen molar-refractivity contribution in [3.05, 3.63) is 34.9 Å². The number of hydrogen-bond donors (Lipinski definition) is 2. The third kappa shape index (κ3) is 4.19. The molecule has 17 heavy (non-hydrogen) atoms. The van der Waals surface area contributed by atoms with Crippen LogP contribution in [0.4, 0.5) is 0 Å². The highest BCUT2D eigenvalue weighted by molar-refractivity contribution is 5.69. The number of nitrogens with one attached hydrogen (secondary N) is 1. The van der Waals surface area contributed by atoms with Crippen molar-refractivity contribution in [3.63, 3.8) is 0 Å². The lowest BCUT2D eigenvalue weighted by Crippen LogP contribution is -2.22. The fourth-order valence-electron chi connectivity index (χ4n) is 1.66. The summed E-state index contributed by atoms with van der Waals surface area (Å²) in [6.07, 6.45) is 0. The van der Waals surface area contributed by atoms with Crippen LogP contribution in [0.1, 0.15) is 37.5 Å². The summed E-state index contributed by atoms with van der Waals surface area (Å²) in [5.41, 5.74) is 3.81. The van der Waals surface area contributed by atoms with Crippen LogP contribution in [0, 0.1) is 6.92 Å². The molecule has 0 spiro atoms. The summed E-state index contributed by atoms with van der Waals surface area (Å²) in [5, 5.41) is 11.4. The molecule has 0 fully saturated rings. The zero-order valence-corrected chi connectivity index (χ0v) is 11.0. The number of carbonyl (C=O) groups is 1. The molecule has 0 bridgehead atoms. The standard InChI is InChI=1S/C14H21NO2/c1-10-7-12(14(2,3)4)6-5-11(10)8-15-9-13(16)17/h5-7,15H,8-9H2,1-4H3,(H,16,17). The second kappa shape index (κ2) is 5.32. The summed E-state index contributed by atoms with van der Waals surface area (Å²) < 4.78 is 0. The van der Waals surface area contributed by atoms with E-state index in [9.17, 15) is 4.79 Å². The largest absolute Gasteiger partial charge is 0.480 e. The highest BCUT2D eigenvalue weighted by atomic mass is 16.4. The van der Waals surface area contributed by atoms with Gasteiger partial charge in [-0.1, -0.05) is 39.0 Å². The van der Waals surface area contributed by atoms with Crippen LogP contribution in [0.3, 0.4) is 0 Å². The summed E-state index contributed by atoms with van der Waals surface area (Å²) in [7, 11) is 0. The topological polar surface area (TPSA) is 49.3 Å². The quantitative estimate of drug-likeness (QED) is 0.843. The molecule has 0 unspecified atom stereocenters. The first kappa shape index (κ1) is 13.7. The lowest BCUT2D eigenvalue weighted by atomic mass is 9.85. The summed E-state index contributed by atoms with van der Waals surface area (Å²) >= 11 is 0. The number of aryl methyl sites for hydroxylation is 1. The normalized spacial score (nSPS) is 11.5. The number of aliphatic carboxylic acids is 1. The van der Waals surface area contributed by atoms with E-state index >= 15 is 0 Å². The SMILES string of the molecule is Cc1cc(C(C)(C)C)ccc1CNCC(=O)O. The number of rotatable bonds is 4. The molecule has 3 nitrogen and oxygen atoms in total. The molecule has 1 rings (SSSR count). The third-order valence-electron chi connectivity index (χ3n) is 2.80. The molecule has 0 aliphatic heterocycles. The predicted octanol–water partition coefficient (Wildman–Crippen LogP) is 2.47. The number of carboxylic acid groups (broad SMARTS) is 1. The molecule has 0 radical (unpaired) electrons. The van der Waals surface area contributed by atoms with Crippen molar-refractivity contribution in [1.29, 1.82) is 0 Å². The van der Waals surface area contributed by atoms with Crippen LogP contribution < -0.4 is 5.32 Å². The second-order valence-corrected chi connectivity index (χ2v) is 5.39. The Balaban J connectivity index is 2.73. The first-order chi connectivity index (χ1) is 7.80. The van der Waals surface area contributed by atoms with Crippen molar-refractivity contribution in [2.45, 2.75) is 39.7 Å². The summed E-state index contributed by atoms with van der Waals surface area (Å²) in [6, 6.07) is 6.37. The van der Waals surface area contributed by atoms with Gasteiger partial charge in [-0.2, -0.15) is 0 Å². The van der Waals surface area contributed by atoms with Crippen molar-refractivity contribution < 1.29 is 9.90 Å². The molecule has 1 aromatic rings. The molecule has 0 amide bonds. The third-order valence-corrected chi connectivity index (χ3v) is 2.80. The molecule has 0 aliphatic rings. The lowest BCUT2D eigenvalue weighted by Gasteiger charge is -2.20. The van der Waals surface area contributed by atoms with Gasteiger partial charge in [-0.15, -0.1) is 0 Å². The van der Waals surface area contributed by atoms with Crippen LogP contribution in [0.25, 0.3) is 0 Å². The van der Waals surface area contributed by atoms with Gasteiger partial charge in [0.15, 0.2) is 0 Å². The first-order valence-corrected chi connectivity index (χ1v) is 5.83. The van der Waals surface area contributed by atoms with Gasteiger partial charge < -0.3 is 10.4 Å². The lowest BCUT2D eigenvalue weighted by molar-refractivity contribution is -0.135. The Hall–Kier alpha value is -1.35. The van der Waals surface area contributed by atoms with Gasteiger partial charge >= 0.3 is 5.97 Å². The maximum Gasteiger partial charge on any atom is 0.317 e. The van der Waals surface area contributed by atoms with Crippen molar-refractivity contribution in [1.82, 2.24) is 5.32 Å². The van der Waals surface area contributed by atoms with E-state index in [0.717, 1.165) is 5.56 Å². The van der Waals surface area contributed by atoms with Crippen LogP contribution >= 0.6 is 0 Å². The Kier molecular flexibility index (Phi) is 4.29. The summed E-state index contributed by atoms with van der Waals surface area (Å²) in [6.45, 7) is 9.22. The average Bonchev–Trinajstić information content (AvgIpc) is 2.18. The number of hydrogen-bond acceptors (Lipinski definition) is 2. The van der Waals surface area contributed by atoms with Gasteiger partial charge in [0.25, 0.3) is 0 Å². The van der Waals surface area contributed by atoms with E-state index < -0.39 is 5.97 Å². The molecule has 3 heteroatoms. The zero-order chi connectivity index (χ0) is 13.1. The Bertz CT molecular complexity index is 405.